The Hall–Kier alpha value is -3.48. The van der Waals surface area contributed by atoms with Crippen LogP contribution in [0.25, 0.3) is 0 Å². The minimum absolute atomic E-state index is 0.165. The molecule has 0 bridgehead atoms. The Balaban J connectivity index is 1.53. The third kappa shape index (κ3) is 8.16. The molecule has 0 aliphatic carbocycles. The summed E-state index contributed by atoms with van der Waals surface area (Å²) in [5.41, 5.74) is 0.0840. The molecule has 0 saturated carbocycles. The highest BCUT2D eigenvalue weighted by Gasteiger charge is 2.46. The van der Waals surface area contributed by atoms with Crippen LogP contribution in [-0.4, -0.2) is 107 Å². The molecule has 0 radical (unpaired) electrons. The number of likely N-dealkylation sites (N-methyl/N-ethyl adjacent to an activating group) is 1. The van der Waals surface area contributed by atoms with Gasteiger partial charge in [0.2, 0.25) is 17.7 Å². The molecule has 4 amide bonds. The number of ether oxygens (including phenoxy) is 2. The highest BCUT2D eigenvalue weighted by Crippen LogP contribution is 2.34. The summed E-state index contributed by atoms with van der Waals surface area (Å²) in [7, 11) is 1.41. The molecule has 1 aromatic carbocycles. The smallest absolute Gasteiger partial charge is 0.410 e. The van der Waals surface area contributed by atoms with Crippen molar-refractivity contribution in [2.24, 2.45) is 0 Å². The van der Waals surface area contributed by atoms with Gasteiger partial charge in [0.15, 0.2) is 0 Å². The van der Waals surface area contributed by atoms with Gasteiger partial charge in [-0.15, -0.1) is 0 Å². The van der Waals surface area contributed by atoms with E-state index >= 15 is 0 Å². The van der Waals surface area contributed by atoms with Gasteiger partial charge >= 0.3 is 6.09 Å². The average molecular weight is 622 g/mol. The first-order chi connectivity index (χ1) is 20.5. The van der Waals surface area contributed by atoms with Crippen molar-refractivity contribution in [3.05, 3.63) is 29.8 Å². The predicted molar refractivity (Wildman–Crippen MR) is 158 cm³/mol. The first-order valence-electron chi connectivity index (χ1n) is 15.2. The van der Waals surface area contributed by atoms with E-state index in [0.29, 0.717) is 38.0 Å². The number of carbonyl (C=O) groups is 4. The first-order valence-corrected chi connectivity index (χ1v) is 15.2. The molecular formula is C31H45F2N5O6. The van der Waals surface area contributed by atoms with Gasteiger partial charge in [0.25, 0.3) is 5.92 Å². The maximum Gasteiger partial charge on any atom is 0.410 e. The molecule has 0 spiro atoms. The van der Waals surface area contributed by atoms with Crippen molar-refractivity contribution >= 4 is 23.8 Å². The van der Waals surface area contributed by atoms with E-state index in [2.05, 4.69) is 10.6 Å². The Morgan fingerprint density at radius 1 is 1.07 bits per heavy atom. The molecule has 2 N–H and O–H groups in total. The third-order valence-corrected chi connectivity index (χ3v) is 8.31. The van der Waals surface area contributed by atoms with Crippen molar-refractivity contribution in [3.8, 4) is 5.75 Å². The lowest BCUT2D eigenvalue weighted by atomic mass is 10.00. The number of rotatable bonds is 7. The number of hydrogen-bond donors (Lipinski definition) is 2. The molecule has 3 aliphatic rings. The minimum Gasteiger partial charge on any atom is -0.493 e. The number of halogens is 2. The summed E-state index contributed by atoms with van der Waals surface area (Å²) >= 11 is 0. The zero-order valence-electron chi connectivity index (χ0n) is 26.4. The van der Waals surface area contributed by atoms with Crippen LogP contribution in [-0.2, 0) is 19.1 Å². The lowest BCUT2D eigenvalue weighted by Crippen LogP contribution is -2.62. The van der Waals surface area contributed by atoms with Crippen LogP contribution in [0.15, 0.2) is 24.3 Å². The topological polar surface area (TPSA) is 121 Å². The molecule has 3 aliphatic heterocycles. The van der Waals surface area contributed by atoms with Crippen LogP contribution >= 0.6 is 0 Å². The van der Waals surface area contributed by atoms with Crippen molar-refractivity contribution in [2.45, 2.75) is 102 Å². The summed E-state index contributed by atoms with van der Waals surface area (Å²) in [6.45, 7) is 7.37. The van der Waals surface area contributed by atoms with Crippen LogP contribution in [0.4, 0.5) is 13.6 Å². The average Bonchev–Trinajstić information content (AvgIpc) is 3.36. The maximum atomic E-state index is 14.1. The molecule has 11 nitrogen and oxygen atoms in total. The number of fused-ring (bicyclic) bond motifs is 2. The van der Waals surface area contributed by atoms with Crippen molar-refractivity contribution in [1.82, 2.24) is 25.3 Å². The lowest BCUT2D eigenvalue weighted by Gasteiger charge is -2.40. The number of hydrogen-bond acceptors (Lipinski definition) is 7. The molecule has 2 saturated heterocycles. The van der Waals surface area contributed by atoms with Crippen LogP contribution in [0.3, 0.4) is 0 Å². The van der Waals surface area contributed by atoms with Crippen molar-refractivity contribution in [3.63, 3.8) is 0 Å². The molecule has 1 aromatic rings. The monoisotopic (exact) mass is 621 g/mol. The van der Waals surface area contributed by atoms with Gasteiger partial charge in [0.1, 0.15) is 29.5 Å². The number of nitrogens with one attached hydrogen (secondary N) is 2. The normalized spacial score (nSPS) is 25.0. The van der Waals surface area contributed by atoms with Crippen LogP contribution in [0, 0.1) is 0 Å². The number of para-hydroxylation sites is 1. The predicted octanol–water partition coefficient (Wildman–Crippen LogP) is 3.09. The molecule has 0 unspecified atom stereocenters. The molecule has 2 fully saturated rings. The van der Waals surface area contributed by atoms with E-state index in [9.17, 15) is 28.0 Å². The van der Waals surface area contributed by atoms with Crippen molar-refractivity contribution in [1.29, 1.82) is 0 Å². The molecular weight excluding hydrogens is 576 g/mol. The summed E-state index contributed by atoms with van der Waals surface area (Å²) in [4.78, 5) is 57.9. The highest BCUT2D eigenvalue weighted by atomic mass is 19.3. The van der Waals surface area contributed by atoms with Crippen LogP contribution in [0.5, 0.6) is 5.75 Å². The summed E-state index contributed by atoms with van der Waals surface area (Å²) in [6, 6.07) is 3.85. The van der Waals surface area contributed by atoms with Crippen molar-refractivity contribution < 1.29 is 37.4 Å². The fourth-order valence-electron chi connectivity index (χ4n) is 6.06. The zero-order valence-corrected chi connectivity index (χ0v) is 26.4. The Kier molecular flexibility index (Phi) is 10.1. The number of carbonyl (C=O) groups excluding carboxylic acids is 4. The molecule has 3 heterocycles. The largest absolute Gasteiger partial charge is 0.493 e. The quantitative estimate of drug-likeness (QED) is 0.480. The van der Waals surface area contributed by atoms with Gasteiger partial charge < -0.3 is 25.0 Å². The Morgan fingerprint density at radius 2 is 1.77 bits per heavy atom. The number of nitrogens with zero attached hydrogens (tertiary/aromatic N) is 3. The van der Waals surface area contributed by atoms with Gasteiger partial charge in [-0.05, 0) is 53.0 Å². The fraction of sp³-hybridized carbons (Fsp3) is 0.677. The summed E-state index contributed by atoms with van der Waals surface area (Å²) in [5.74, 6) is -3.76. The van der Waals surface area contributed by atoms with E-state index in [1.807, 2.05) is 24.3 Å². The Bertz CT molecular complexity index is 1230. The number of benzene rings is 1. The molecule has 13 heteroatoms. The van der Waals surface area contributed by atoms with Crippen molar-refractivity contribution in [2.75, 3.05) is 33.3 Å². The number of amides is 4. The van der Waals surface area contributed by atoms with Gasteiger partial charge in [-0.1, -0.05) is 18.2 Å². The first kappa shape index (κ1) is 33.4. The van der Waals surface area contributed by atoms with Crippen LogP contribution in [0.2, 0.25) is 0 Å². The minimum atomic E-state index is -3.02. The third-order valence-electron chi connectivity index (χ3n) is 8.31. The van der Waals surface area contributed by atoms with E-state index in [0.717, 1.165) is 17.4 Å². The Morgan fingerprint density at radius 3 is 2.45 bits per heavy atom. The zero-order chi connectivity index (χ0) is 32.4. The van der Waals surface area contributed by atoms with Gasteiger partial charge in [-0.2, -0.15) is 0 Å². The maximum absolute atomic E-state index is 14.1. The SMILES string of the molecule is C[C@@H](C(=O)N[C@H]1CN(CC(C)(F)F)CC[C@H]2CC[C@@H](C(=O)N[C@@H]3CCOc4ccccc43)N2C1=O)N(C)C(=O)OC(C)(C)C. The highest BCUT2D eigenvalue weighted by molar-refractivity contribution is 5.94. The summed E-state index contributed by atoms with van der Waals surface area (Å²) in [5, 5.41) is 5.80. The van der Waals surface area contributed by atoms with E-state index in [1.165, 1.54) is 23.8 Å². The fourth-order valence-corrected chi connectivity index (χ4v) is 6.06. The van der Waals surface area contributed by atoms with Gasteiger partial charge in [-0.25, -0.2) is 13.6 Å². The van der Waals surface area contributed by atoms with Gasteiger partial charge in [0.05, 0.1) is 19.2 Å². The van der Waals surface area contributed by atoms with Crippen LogP contribution < -0.4 is 15.4 Å². The second-order valence-corrected chi connectivity index (χ2v) is 13.2. The second kappa shape index (κ2) is 13.3. The van der Waals surface area contributed by atoms with Gasteiger partial charge in [0, 0.05) is 45.1 Å². The summed E-state index contributed by atoms with van der Waals surface area (Å²) < 4.78 is 39.3. The summed E-state index contributed by atoms with van der Waals surface area (Å²) in [6.07, 6.45) is 1.22. The lowest BCUT2D eigenvalue weighted by molar-refractivity contribution is -0.146. The molecule has 0 aromatic heterocycles. The van der Waals surface area contributed by atoms with Crippen LogP contribution in [0.1, 0.15) is 71.9 Å². The van der Waals surface area contributed by atoms with Gasteiger partial charge in [-0.3, -0.25) is 24.2 Å². The Labute approximate surface area is 257 Å². The molecule has 4 rings (SSSR count). The second-order valence-electron chi connectivity index (χ2n) is 13.2. The number of alkyl halides is 2. The standard InChI is InChI=1S/C31H45F2N5O6/c1-19(36(6)29(42)44-30(2,3)4)26(39)35-23-17-37(18-31(5,32)33)15-13-20-11-12-24(38(20)28(23)41)27(40)34-22-14-16-43-25-10-8-7-9-21(22)25/h7-10,19-20,22-24H,11-18H2,1-6H3,(H,34,40)(H,35,39)/t19-,20+,22+,23-,24-/m0/s1. The molecule has 44 heavy (non-hydrogen) atoms. The van der Waals surface area contributed by atoms with E-state index in [4.69, 9.17) is 9.47 Å². The van der Waals surface area contributed by atoms with E-state index in [1.54, 1.807) is 20.8 Å². The van der Waals surface area contributed by atoms with E-state index in [-0.39, 0.29) is 31.1 Å². The van der Waals surface area contributed by atoms with E-state index < -0.39 is 54.1 Å². The molecule has 244 valence electrons. The molecule has 5 atom stereocenters.